The number of benzene rings is 1. The second-order valence-corrected chi connectivity index (χ2v) is 16.0. The molecule has 0 saturated carbocycles. The molecular weight excluding hydrogens is 448 g/mol. The van der Waals surface area contributed by atoms with Crippen molar-refractivity contribution in [1.29, 1.82) is 0 Å². The van der Waals surface area contributed by atoms with Crippen molar-refractivity contribution in [2.45, 2.75) is 51.8 Å². The normalized spacial score (nSPS) is 12.5. The molecule has 0 unspecified atom stereocenters. The molecule has 0 aliphatic carbocycles. The van der Waals surface area contributed by atoms with Gasteiger partial charge in [-0.15, -0.1) is 0 Å². The summed E-state index contributed by atoms with van der Waals surface area (Å²) in [5.41, 5.74) is 1.51. The van der Waals surface area contributed by atoms with Crippen LogP contribution in [0, 0.1) is 0 Å². The Bertz CT molecular complexity index is 1320. The lowest BCUT2D eigenvalue weighted by Crippen LogP contribution is -2.46. The quantitative estimate of drug-likeness (QED) is 0.280. The van der Waals surface area contributed by atoms with Crippen LogP contribution in [0.1, 0.15) is 24.2 Å². The van der Waals surface area contributed by atoms with Crippen LogP contribution in [0.5, 0.6) is 0 Å². The number of hydrogen-bond acceptors (Lipinski definition) is 6. The summed E-state index contributed by atoms with van der Waals surface area (Å²) < 4.78 is 9.43. The molecule has 4 rings (SSSR count). The first kappa shape index (κ1) is 24.1. The lowest BCUT2D eigenvalue weighted by atomic mass is 10.1. The number of fused-ring (bicyclic) bond motifs is 2. The van der Waals surface area contributed by atoms with Crippen LogP contribution in [0.25, 0.3) is 27.9 Å². The minimum Gasteiger partial charge on any atom is -0.394 e. The number of nitrogens with zero attached hydrogens (tertiary/aromatic N) is 5. The van der Waals surface area contributed by atoms with Crippen molar-refractivity contribution < 1.29 is 14.6 Å². The van der Waals surface area contributed by atoms with Crippen LogP contribution < -0.4 is 5.32 Å². The lowest BCUT2D eigenvalue weighted by molar-refractivity contribution is 0.0859. The highest BCUT2D eigenvalue weighted by molar-refractivity contribution is 6.76. The number of rotatable bonds is 9. The zero-order valence-corrected chi connectivity index (χ0v) is 21.4. The van der Waals surface area contributed by atoms with Crippen LogP contribution in [0.15, 0.2) is 42.9 Å². The third kappa shape index (κ3) is 5.19. The highest BCUT2D eigenvalue weighted by atomic mass is 28.3. The highest BCUT2D eigenvalue weighted by Crippen LogP contribution is 2.23. The second-order valence-electron chi connectivity index (χ2n) is 10.4. The number of amides is 1. The minimum atomic E-state index is -1.21. The second kappa shape index (κ2) is 9.28. The summed E-state index contributed by atoms with van der Waals surface area (Å²) >= 11 is 0. The van der Waals surface area contributed by atoms with E-state index in [1.165, 1.54) is 0 Å². The zero-order valence-electron chi connectivity index (χ0n) is 20.4. The Balaban J connectivity index is 1.73. The van der Waals surface area contributed by atoms with Gasteiger partial charge in [0.2, 0.25) is 0 Å². The first-order valence-electron chi connectivity index (χ1n) is 11.4. The van der Waals surface area contributed by atoms with Gasteiger partial charge in [0, 0.05) is 26.3 Å². The van der Waals surface area contributed by atoms with Gasteiger partial charge in [0.1, 0.15) is 12.2 Å². The summed E-state index contributed by atoms with van der Waals surface area (Å²) in [5.74, 6) is 0.184. The van der Waals surface area contributed by atoms with Crippen molar-refractivity contribution in [2.75, 3.05) is 13.2 Å². The summed E-state index contributed by atoms with van der Waals surface area (Å²) in [4.78, 5) is 22.6. The summed E-state index contributed by atoms with van der Waals surface area (Å²) in [6, 6.07) is 8.89. The molecule has 9 nitrogen and oxygen atoms in total. The molecule has 10 heteroatoms. The molecule has 0 aliphatic rings. The summed E-state index contributed by atoms with van der Waals surface area (Å²) in [5, 5.41) is 17.9. The number of para-hydroxylation sites is 1. The van der Waals surface area contributed by atoms with E-state index in [1.807, 2.05) is 24.3 Å². The molecule has 0 fully saturated rings. The Labute approximate surface area is 199 Å². The standard InChI is InChI=1S/C24H32N6O3Si/c1-24(2,15-31)28-23(32)18-14-29(16-33-10-11-34(3,4)5)22-21(18)27-20(13-25-22)30-19-9-7-6-8-17(19)12-26-30/h6-9,12-14,31H,10-11,15-16H2,1-5H3,(H,28,32). The Morgan fingerprint density at radius 3 is 2.71 bits per heavy atom. The average molecular weight is 481 g/mol. The molecule has 4 aromatic rings. The highest BCUT2D eigenvalue weighted by Gasteiger charge is 2.25. The Hall–Kier alpha value is -3.08. The Kier molecular flexibility index (Phi) is 6.57. The summed E-state index contributed by atoms with van der Waals surface area (Å²) in [7, 11) is -1.21. The maximum absolute atomic E-state index is 13.2. The molecule has 0 saturated heterocycles. The lowest BCUT2D eigenvalue weighted by Gasteiger charge is -2.23. The monoisotopic (exact) mass is 480 g/mol. The van der Waals surface area contributed by atoms with Crippen molar-refractivity contribution in [3.05, 3.63) is 48.4 Å². The number of carbonyl (C=O) groups excluding carboxylic acids is 1. The summed E-state index contributed by atoms with van der Waals surface area (Å²) in [6.07, 6.45) is 5.14. The summed E-state index contributed by atoms with van der Waals surface area (Å²) in [6.45, 7) is 11.2. The van der Waals surface area contributed by atoms with Gasteiger partial charge in [0.25, 0.3) is 5.91 Å². The van der Waals surface area contributed by atoms with Gasteiger partial charge in [0.05, 0.1) is 35.6 Å². The molecule has 0 spiro atoms. The molecule has 0 bridgehead atoms. The maximum Gasteiger partial charge on any atom is 0.255 e. The van der Waals surface area contributed by atoms with Gasteiger partial charge in [-0.05, 0) is 26.0 Å². The fraction of sp³-hybridized carbons (Fsp3) is 0.417. The number of nitrogens with one attached hydrogen (secondary N) is 1. The largest absolute Gasteiger partial charge is 0.394 e. The van der Waals surface area contributed by atoms with E-state index in [2.05, 4.69) is 35.0 Å². The van der Waals surface area contributed by atoms with Gasteiger partial charge < -0.3 is 19.7 Å². The predicted octanol–water partition coefficient (Wildman–Crippen LogP) is 3.58. The van der Waals surface area contributed by atoms with Crippen LogP contribution >= 0.6 is 0 Å². The van der Waals surface area contributed by atoms with Gasteiger partial charge in [-0.25, -0.2) is 14.6 Å². The van der Waals surface area contributed by atoms with Crippen LogP contribution in [0.2, 0.25) is 25.7 Å². The van der Waals surface area contributed by atoms with E-state index >= 15 is 0 Å². The van der Waals surface area contributed by atoms with E-state index in [0.29, 0.717) is 29.2 Å². The minimum absolute atomic E-state index is 0.187. The molecule has 34 heavy (non-hydrogen) atoms. The van der Waals surface area contributed by atoms with Gasteiger partial charge in [-0.3, -0.25) is 4.79 Å². The van der Waals surface area contributed by atoms with Crippen molar-refractivity contribution in [2.24, 2.45) is 0 Å². The van der Waals surface area contributed by atoms with E-state index in [9.17, 15) is 9.90 Å². The molecule has 3 aromatic heterocycles. The van der Waals surface area contributed by atoms with Gasteiger partial charge >= 0.3 is 0 Å². The van der Waals surface area contributed by atoms with Gasteiger partial charge in [-0.1, -0.05) is 37.8 Å². The number of ether oxygens (including phenoxy) is 1. The number of aromatic nitrogens is 5. The van der Waals surface area contributed by atoms with Crippen molar-refractivity contribution in [1.82, 2.24) is 29.6 Å². The molecular formula is C24H32N6O3Si. The van der Waals surface area contributed by atoms with Crippen LogP contribution in [0.4, 0.5) is 0 Å². The fourth-order valence-corrected chi connectivity index (χ4v) is 4.28. The molecule has 1 aromatic carbocycles. The smallest absolute Gasteiger partial charge is 0.255 e. The first-order chi connectivity index (χ1) is 16.1. The molecule has 0 radical (unpaired) electrons. The predicted molar refractivity (Wildman–Crippen MR) is 135 cm³/mol. The van der Waals surface area contributed by atoms with E-state index in [1.54, 1.807) is 41.7 Å². The zero-order chi connectivity index (χ0) is 24.5. The molecule has 0 atom stereocenters. The third-order valence-corrected chi connectivity index (χ3v) is 7.27. The number of aliphatic hydroxyl groups is 1. The van der Waals surface area contributed by atoms with E-state index in [4.69, 9.17) is 9.72 Å². The van der Waals surface area contributed by atoms with Gasteiger partial charge in [-0.2, -0.15) is 5.10 Å². The van der Waals surface area contributed by atoms with Crippen LogP contribution in [-0.4, -0.2) is 62.2 Å². The SMILES string of the molecule is CC(C)(CO)NC(=O)c1cn(COCC[Si](C)(C)C)c2ncc(-n3ncc4ccccc43)nc12. The Morgan fingerprint density at radius 1 is 1.21 bits per heavy atom. The number of hydrogen-bond donors (Lipinski definition) is 2. The third-order valence-electron chi connectivity index (χ3n) is 5.57. The van der Waals surface area contributed by atoms with Crippen molar-refractivity contribution >= 4 is 36.0 Å². The van der Waals surface area contributed by atoms with Gasteiger partial charge in [0.15, 0.2) is 11.5 Å². The number of carbonyl (C=O) groups is 1. The van der Waals surface area contributed by atoms with Crippen molar-refractivity contribution in [3.8, 4) is 5.82 Å². The maximum atomic E-state index is 13.2. The van der Waals surface area contributed by atoms with Crippen molar-refractivity contribution in [3.63, 3.8) is 0 Å². The molecule has 0 aliphatic heterocycles. The van der Waals surface area contributed by atoms with Crippen LogP contribution in [-0.2, 0) is 11.5 Å². The average Bonchev–Trinajstić information content (AvgIpc) is 3.37. The fourth-order valence-electron chi connectivity index (χ4n) is 3.52. The molecule has 1 amide bonds. The molecule has 2 N–H and O–H groups in total. The topological polar surface area (TPSA) is 107 Å². The van der Waals surface area contributed by atoms with E-state index in [-0.39, 0.29) is 19.2 Å². The van der Waals surface area contributed by atoms with E-state index < -0.39 is 13.6 Å². The molecule has 180 valence electrons. The Morgan fingerprint density at radius 2 is 1.97 bits per heavy atom. The first-order valence-corrected chi connectivity index (χ1v) is 15.1. The van der Waals surface area contributed by atoms with Crippen LogP contribution in [0.3, 0.4) is 0 Å². The van der Waals surface area contributed by atoms with E-state index in [0.717, 1.165) is 16.9 Å². The molecule has 3 heterocycles. The number of aliphatic hydroxyl groups excluding tert-OH is 1.